The number of ether oxygens (including phenoxy) is 2. The summed E-state index contributed by atoms with van der Waals surface area (Å²) in [6.07, 6.45) is 1.20. The van der Waals surface area contributed by atoms with Gasteiger partial charge in [0.15, 0.2) is 0 Å². The highest BCUT2D eigenvalue weighted by molar-refractivity contribution is 5.42. The van der Waals surface area contributed by atoms with Gasteiger partial charge in [-0.2, -0.15) is 0 Å². The summed E-state index contributed by atoms with van der Waals surface area (Å²) in [7, 11) is 3.40. The third kappa shape index (κ3) is 3.39. The maximum Gasteiger partial charge on any atom is 0.127 e. The lowest BCUT2D eigenvalue weighted by Crippen LogP contribution is -2.31. The molecule has 1 fully saturated rings. The molecular formula is C15H24N2O2. The highest BCUT2D eigenvalue weighted by Crippen LogP contribution is 2.32. The van der Waals surface area contributed by atoms with Gasteiger partial charge < -0.3 is 14.8 Å². The molecule has 0 aliphatic carbocycles. The van der Waals surface area contributed by atoms with Crippen LogP contribution < -0.4 is 14.8 Å². The SMILES string of the molecule is COc1ccc(C(C)N2CCCNCC2)c(OC)c1. The summed E-state index contributed by atoms with van der Waals surface area (Å²) >= 11 is 0. The molecule has 0 amide bonds. The monoisotopic (exact) mass is 264 g/mol. The molecule has 0 saturated carbocycles. The van der Waals surface area contributed by atoms with Crippen LogP contribution in [0.25, 0.3) is 0 Å². The normalized spacial score (nSPS) is 18.7. The fourth-order valence-electron chi connectivity index (χ4n) is 2.61. The number of hydrogen-bond donors (Lipinski definition) is 1. The quantitative estimate of drug-likeness (QED) is 0.902. The molecule has 1 aliphatic heterocycles. The highest BCUT2D eigenvalue weighted by Gasteiger charge is 2.20. The average Bonchev–Trinajstić information content (AvgIpc) is 2.74. The summed E-state index contributed by atoms with van der Waals surface area (Å²) in [5.74, 6) is 1.74. The van der Waals surface area contributed by atoms with E-state index in [4.69, 9.17) is 9.47 Å². The summed E-state index contributed by atoms with van der Waals surface area (Å²) in [6.45, 7) is 6.63. The van der Waals surface area contributed by atoms with Crippen molar-refractivity contribution in [2.45, 2.75) is 19.4 Å². The van der Waals surface area contributed by atoms with Gasteiger partial charge in [-0.1, -0.05) is 6.07 Å². The minimum absolute atomic E-state index is 0.362. The zero-order valence-electron chi connectivity index (χ0n) is 12.1. The molecule has 0 spiro atoms. The van der Waals surface area contributed by atoms with E-state index in [2.05, 4.69) is 23.2 Å². The van der Waals surface area contributed by atoms with Crippen molar-refractivity contribution in [2.75, 3.05) is 40.4 Å². The Kier molecular flexibility index (Phi) is 5.05. The molecule has 106 valence electrons. The second kappa shape index (κ2) is 6.78. The molecule has 1 unspecified atom stereocenters. The maximum atomic E-state index is 5.51. The average molecular weight is 264 g/mol. The number of nitrogens with zero attached hydrogens (tertiary/aromatic N) is 1. The van der Waals surface area contributed by atoms with Crippen LogP contribution in [0.2, 0.25) is 0 Å². The molecule has 1 aliphatic rings. The van der Waals surface area contributed by atoms with Crippen molar-refractivity contribution in [2.24, 2.45) is 0 Å². The minimum atomic E-state index is 0.362. The first kappa shape index (κ1) is 14.2. The molecule has 0 bridgehead atoms. The van der Waals surface area contributed by atoms with Crippen LogP contribution in [0.4, 0.5) is 0 Å². The van der Waals surface area contributed by atoms with Crippen LogP contribution in [0.5, 0.6) is 11.5 Å². The Morgan fingerprint density at radius 1 is 1.16 bits per heavy atom. The third-order valence-electron chi connectivity index (χ3n) is 3.81. The summed E-state index contributed by atoms with van der Waals surface area (Å²) in [5.41, 5.74) is 1.23. The number of hydrogen-bond acceptors (Lipinski definition) is 4. The van der Waals surface area contributed by atoms with Crippen molar-refractivity contribution < 1.29 is 9.47 Å². The molecule has 2 rings (SSSR count). The van der Waals surface area contributed by atoms with E-state index >= 15 is 0 Å². The van der Waals surface area contributed by atoms with E-state index in [1.165, 1.54) is 12.0 Å². The Morgan fingerprint density at radius 3 is 2.74 bits per heavy atom. The Bertz CT molecular complexity index is 401. The second-order valence-electron chi connectivity index (χ2n) is 4.92. The molecule has 1 aromatic carbocycles. The molecule has 1 N–H and O–H groups in total. The van der Waals surface area contributed by atoms with Crippen molar-refractivity contribution >= 4 is 0 Å². The second-order valence-corrected chi connectivity index (χ2v) is 4.92. The molecule has 4 nitrogen and oxygen atoms in total. The van der Waals surface area contributed by atoms with Crippen LogP contribution in [0, 0.1) is 0 Å². The Morgan fingerprint density at radius 2 is 2.00 bits per heavy atom. The Hall–Kier alpha value is -1.26. The fraction of sp³-hybridized carbons (Fsp3) is 0.600. The van der Waals surface area contributed by atoms with Crippen molar-refractivity contribution in [3.8, 4) is 11.5 Å². The van der Waals surface area contributed by atoms with Gasteiger partial charge in [-0.05, 0) is 32.5 Å². The van der Waals surface area contributed by atoms with E-state index in [0.717, 1.165) is 37.7 Å². The van der Waals surface area contributed by atoms with Gasteiger partial charge in [0.05, 0.1) is 14.2 Å². The summed E-state index contributed by atoms with van der Waals surface area (Å²) in [5, 5.41) is 3.44. The number of nitrogens with one attached hydrogen (secondary N) is 1. The van der Waals surface area contributed by atoms with Crippen LogP contribution in [-0.2, 0) is 0 Å². The summed E-state index contributed by atoms with van der Waals surface area (Å²) < 4.78 is 10.8. The standard InChI is InChI=1S/C15H24N2O2/c1-12(17-9-4-7-16-8-10-17)14-6-5-13(18-2)11-15(14)19-3/h5-6,11-12,16H,4,7-10H2,1-3H3. The third-order valence-corrected chi connectivity index (χ3v) is 3.81. The lowest BCUT2D eigenvalue weighted by atomic mass is 10.0. The van der Waals surface area contributed by atoms with Crippen molar-refractivity contribution in [3.05, 3.63) is 23.8 Å². The van der Waals surface area contributed by atoms with Crippen LogP contribution in [0.1, 0.15) is 24.9 Å². The van der Waals surface area contributed by atoms with Gasteiger partial charge in [0.1, 0.15) is 11.5 Å². The topological polar surface area (TPSA) is 33.7 Å². The molecule has 1 saturated heterocycles. The number of rotatable bonds is 4. The van der Waals surface area contributed by atoms with Gasteiger partial charge >= 0.3 is 0 Å². The van der Waals surface area contributed by atoms with E-state index in [1.807, 2.05) is 12.1 Å². The largest absolute Gasteiger partial charge is 0.497 e. The summed E-state index contributed by atoms with van der Waals surface area (Å²) in [6, 6.07) is 6.44. The lowest BCUT2D eigenvalue weighted by Gasteiger charge is -2.28. The molecule has 1 aromatic rings. The fourth-order valence-corrected chi connectivity index (χ4v) is 2.61. The van der Waals surface area contributed by atoms with E-state index in [-0.39, 0.29) is 0 Å². The molecule has 19 heavy (non-hydrogen) atoms. The first-order valence-electron chi connectivity index (χ1n) is 6.93. The predicted octanol–water partition coefficient (Wildman–Crippen LogP) is 2.06. The van der Waals surface area contributed by atoms with E-state index in [0.29, 0.717) is 6.04 Å². The Labute approximate surface area is 115 Å². The van der Waals surface area contributed by atoms with E-state index in [1.54, 1.807) is 14.2 Å². The summed E-state index contributed by atoms with van der Waals surface area (Å²) in [4.78, 5) is 2.50. The van der Waals surface area contributed by atoms with Crippen molar-refractivity contribution in [1.29, 1.82) is 0 Å². The van der Waals surface area contributed by atoms with Gasteiger partial charge in [0, 0.05) is 30.8 Å². The molecular weight excluding hydrogens is 240 g/mol. The van der Waals surface area contributed by atoms with Gasteiger partial charge in [-0.15, -0.1) is 0 Å². The molecule has 4 heteroatoms. The zero-order valence-corrected chi connectivity index (χ0v) is 12.1. The van der Waals surface area contributed by atoms with Gasteiger partial charge in [-0.3, -0.25) is 4.90 Å². The van der Waals surface area contributed by atoms with Crippen molar-refractivity contribution in [1.82, 2.24) is 10.2 Å². The maximum absolute atomic E-state index is 5.51. The first-order chi connectivity index (χ1) is 9.26. The minimum Gasteiger partial charge on any atom is -0.497 e. The van der Waals surface area contributed by atoms with Crippen LogP contribution in [-0.4, -0.2) is 45.3 Å². The number of methoxy groups -OCH3 is 2. The van der Waals surface area contributed by atoms with Crippen LogP contribution >= 0.6 is 0 Å². The van der Waals surface area contributed by atoms with Crippen LogP contribution in [0.15, 0.2) is 18.2 Å². The van der Waals surface area contributed by atoms with Gasteiger partial charge in [0.25, 0.3) is 0 Å². The zero-order chi connectivity index (χ0) is 13.7. The predicted molar refractivity (Wildman–Crippen MR) is 77.0 cm³/mol. The molecule has 1 atom stereocenters. The molecule has 0 aromatic heterocycles. The van der Waals surface area contributed by atoms with Crippen molar-refractivity contribution in [3.63, 3.8) is 0 Å². The first-order valence-corrected chi connectivity index (χ1v) is 6.93. The van der Waals surface area contributed by atoms with E-state index < -0.39 is 0 Å². The van der Waals surface area contributed by atoms with Crippen LogP contribution in [0.3, 0.4) is 0 Å². The molecule has 0 radical (unpaired) electrons. The van der Waals surface area contributed by atoms with Gasteiger partial charge in [0.2, 0.25) is 0 Å². The lowest BCUT2D eigenvalue weighted by molar-refractivity contribution is 0.220. The highest BCUT2D eigenvalue weighted by atomic mass is 16.5. The number of benzene rings is 1. The van der Waals surface area contributed by atoms with Gasteiger partial charge in [-0.25, -0.2) is 0 Å². The molecule has 1 heterocycles. The Balaban J connectivity index is 2.19. The van der Waals surface area contributed by atoms with E-state index in [9.17, 15) is 0 Å². The smallest absolute Gasteiger partial charge is 0.127 e.